The fraction of sp³-hybridized carbons (Fsp3) is 0.478. The minimum absolute atomic E-state index is 0.234. The number of rotatable bonds is 9. The van der Waals surface area contributed by atoms with E-state index in [1.165, 1.54) is 11.8 Å². The van der Waals surface area contributed by atoms with E-state index in [9.17, 15) is 9.59 Å². The van der Waals surface area contributed by atoms with Crippen molar-refractivity contribution in [3.05, 3.63) is 41.0 Å². The summed E-state index contributed by atoms with van der Waals surface area (Å²) in [7, 11) is 0. The monoisotopic (exact) mass is 506 g/mol. The largest absolute Gasteiger partial charge is 0.444 e. The number of halogens is 1. The number of nitrogens with zero attached hydrogens (tertiary/aromatic N) is 3. The number of benzene rings is 1. The highest BCUT2D eigenvalue weighted by atomic mass is 35.5. The van der Waals surface area contributed by atoms with Crippen molar-refractivity contribution in [2.24, 2.45) is 0 Å². The minimum atomic E-state index is -0.727. The van der Waals surface area contributed by atoms with Crippen molar-refractivity contribution in [1.29, 1.82) is 0 Å². The van der Waals surface area contributed by atoms with E-state index in [-0.39, 0.29) is 24.1 Å². The van der Waals surface area contributed by atoms with Gasteiger partial charge in [0, 0.05) is 25.4 Å². The number of aromatic nitrogens is 2. The second-order valence-corrected chi connectivity index (χ2v) is 10.1. The van der Waals surface area contributed by atoms with E-state index in [0.717, 1.165) is 17.7 Å². The summed E-state index contributed by atoms with van der Waals surface area (Å²) in [6, 6.07) is 9.83. The molecule has 2 amide bonds. The van der Waals surface area contributed by atoms with Crippen LogP contribution in [0.15, 0.2) is 35.5 Å². The third kappa shape index (κ3) is 7.14. The summed E-state index contributed by atoms with van der Waals surface area (Å²) in [6.45, 7) is 8.39. The maximum Gasteiger partial charge on any atom is 0.407 e. The van der Waals surface area contributed by atoms with Gasteiger partial charge in [0.05, 0.1) is 0 Å². The third-order valence-electron chi connectivity index (χ3n) is 4.66. The molecule has 3 rings (SSSR count). The molecule has 34 heavy (non-hydrogen) atoms. The average Bonchev–Trinajstić information content (AvgIpc) is 3.13. The second kappa shape index (κ2) is 11.6. The van der Waals surface area contributed by atoms with Crippen LogP contribution < -0.4 is 20.9 Å². The van der Waals surface area contributed by atoms with Gasteiger partial charge in [-0.25, -0.2) is 14.8 Å². The molecule has 0 aliphatic carbocycles. The maximum absolute atomic E-state index is 13.1. The van der Waals surface area contributed by atoms with Crippen molar-refractivity contribution in [2.75, 3.05) is 29.1 Å². The lowest BCUT2D eigenvalue weighted by atomic mass is 10.2. The first-order valence-electron chi connectivity index (χ1n) is 11.2. The van der Waals surface area contributed by atoms with Crippen LogP contribution >= 0.6 is 23.4 Å². The normalized spacial score (nSPS) is 14.9. The number of fused-ring (bicyclic) bond motifs is 1. The van der Waals surface area contributed by atoms with Gasteiger partial charge in [-0.3, -0.25) is 4.79 Å². The Morgan fingerprint density at radius 2 is 1.88 bits per heavy atom. The Bertz CT molecular complexity index is 1000. The van der Waals surface area contributed by atoms with Crippen molar-refractivity contribution < 1.29 is 14.3 Å². The van der Waals surface area contributed by atoms with E-state index in [0.29, 0.717) is 23.2 Å². The van der Waals surface area contributed by atoms with Crippen LogP contribution in [0, 0.1) is 0 Å². The van der Waals surface area contributed by atoms with Crippen LogP contribution in [0.1, 0.15) is 39.7 Å². The Hall–Kier alpha value is -2.72. The van der Waals surface area contributed by atoms with Crippen LogP contribution in [0.5, 0.6) is 0 Å². The molecule has 1 atom stereocenters. The SMILES string of the molecule is CCCSc1nc(Cl)c2c(n1)N(Cc1ccccc1)C(C(=O)NCCNC(=O)OC(C)(C)C)N2. The summed E-state index contributed by atoms with van der Waals surface area (Å²) < 4.78 is 5.21. The number of nitrogens with one attached hydrogen (secondary N) is 3. The number of ether oxygens (including phenoxy) is 1. The Morgan fingerprint density at radius 3 is 2.56 bits per heavy atom. The lowest BCUT2D eigenvalue weighted by Crippen LogP contribution is -2.49. The van der Waals surface area contributed by atoms with Crippen LogP contribution in [0.3, 0.4) is 0 Å². The van der Waals surface area contributed by atoms with Crippen LogP contribution in [0.4, 0.5) is 16.3 Å². The molecule has 1 aliphatic rings. The first-order valence-corrected chi connectivity index (χ1v) is 12.6. The van der Waals surface area contributed by atoms with E-state index in [1.54, 1.807) is 20.8 Å². The lowest BCUT2D eigenvalue weighted by molar-refractivity contribution is -0.121. The summed E-state index contributed by atoms with van der Waals surface area (Å²) in [4.78, 5) is 35.9. The Kier molecular flexibility index (Phi) is 8.84. The van der Waals surface area contributed by atoms with E-state index < -0.39 is 17.9 Å². The first kappa shape index (κ1) is 25.9. The molecule has 0 saturated heterocycles. The molecule has 0 spiro atoms. The van der Waals surface area contributed by atoms with Crippen molar-refractivity contribution in [2.45, 2.75) is 57.6 Å². The molecule has 3 N–H and O–H groups in total. The topological polar surface area (TPSA) is 108 Å². The van der Waals surface area contributed by atoms with Crippen molar-refractivity contribution in [3.8, 4) is 0 Å². The standard InChI is InChI=1S/C23H31ClN6O3S/c1-5-13-34-21-28-17(24)16-18(29-21)30(14-15-9-7-6-8-10-15)19(27-16)20(31)25-11-12-26-22(32)33-23(2,3)4/h6-10,19,27H,5,11-14H2,1-4H3,(H,25,31)(H,26,32). The molecule has 9 nitrogen and oxygen atoms in total. The quantitative estimate of drug-likeness (QED) is 0.202. The van der Waals surface area contributed by atoms with Gasteiger partial charge in [0.2, 0.25) is 0 Å². The molecule has 0 fully saturated rings. The Morgan fingerprint density at radius 1 is 1.18 bits per heavy atom. The first-order chi connectivity index (χ1) is 16.2. The number of hydrogen-bond donors (Lipinski definition) is 3. The fourth-order valence-corrected chi connectivity index (χ4v) is 4.21. The highest BCUT2D eigenvalue weighted by Crippen LogP contribution is 2.39. The number of hydrogen-bond acceptors (Lipinski definition) is 8. The molecule has 2 aromatic rings. The third-order valence-corrected chi connectivity index (χ3v) is 5.99. The minimum Gasteiger partial charge on any atom is -0.444 e. The summed E-state index contributed by atoms with van der Waals surface area (Å²) in [6.07, 6.45) is -0.273. The van der Waals surface area contributed by atoms with Gasteiger partial charge in [-0.05, 0) is 32.8 Å². The van der Waals surface area contributed by atoms with Crippen molar-refractivity contribution in [3.63, 3.8) is 0 Å². The number of alkyl carbamates (subject to hydrolysis) is 1. The van der Waals surface area contributed by atoms with Crippen LogP contribution in [0.25, 0.3) is 0 Å². The van der Waals surface area contributed by atoms with Gasteiger partial charge < -0.3 is 25.6 Å². The molecule has 0 saturated carbocycles. The Labute approximate surface area is 209 Å². The van der Waals surface area contributed by atoms with E-state index in [2.05, 4.69) is 27.9 Å². The van der Waals surface area contributed by atoms with Crippen LogP contribution in [-0.4, -0.2) is 52.6 Å². The molecule has 1 aromatic heterocycles. The zero-order valence-corrected chi connectivity index (χ0v) is 21.4. The average molecular weight is 507 g/mol. The van der Waals surface area contributed by atoms with Crippen LogP contribution in [-0.2, 0) is 16.1 Å². The summed E-state index contributed by atoms with van der Waals surface area (Å²) in [5.41, 5.74) is 0.976. The highest BCUT2D eigenvalue weighted by molar-refractivity contribution is 7.99. The predicted octanol–water partition coefficient (Wildman–Crippen LogP) is 4.03. The zero-order valence-electron chi connectivity index (χ0n) is 19.9. The molecule has 1 aliphatic heterocycles. The lowest BCUT2D eigenvalue weighted by Gasteiger charge is -2.25. The molecule has 1 aromatic carbocycles. The number of anilines is 2. The van der Waals surface area contributed by atoms with E-state index in [4.69, 9.17) is 21.3 Å². The summed E-state index contributed by atoms with van der Waals surface area (Å²) in [5.74, 6) is 1.20. The van der Waals surface area contributed by atoms with Gasteiger partial charge in [-0.15, -0.1) is 0 Å². The molecule has 0 bridgehead atoms. The van der Waals surface area contributed by atoms with Gasteiger partial charge >= 0.3 is 6.09 Å². The van der Waals surface area contributed by atoms with Crippen molar-refractivity contribution in [1.82, 2.24) is 20.6 Å². The number of carbonyl (C=O) groups is 2. The molecular weight excluding hydrogens is 476 g/mol. The van der Waals surface area contributed by atoms with Crippen LogP contribution in [0.2, 0.25) is 5.15 Å². The smallest absolute Gasteiger partial charge is 0.407 e. The van der Waals surface area contributed by atoms with Gasteiger partial charge in [-0.2, -0.15) is 0 Å². The highest BCUT2D eigenvalue weighted by Gasteiger charge is 2.37. The van der Waals surface area contributed by atoms with Crippen molar-refractivity contribution >= 4 is 46.9 Å². The van der Waals surface area contributed by atoms with E-state index in [1.807, 2.05) is 35.2 Å². The molecule has 11 heteroatoms. The number of carbonyl (C=O) groups excluding carboxylic acids is 2. The Balaban J connectivity index is 1.71. The number of thioether (sulfide) groups is 1. The molecule has 2 heterocycles. The summed E-state index contributed by atoms with van der Waals surface area (Å²) in [5, 5.41) is 9.52. The van der Waals surface area contributed by atoms with E-state index >= 15 is 0 Å². The molecular formula is C23H31ClN6O3S. The van der Waals surface area contributed by atoms with Gasteiger partial charge in [-0.1, -0.05) is 60.6 Å². The molecule has 0 radical (unpaired) electrons. The summed E-state index contributed by atoms with van der Waals surface area (Å²) >= 11 is 7.99. The second-order valence-electron chi connectivity index (χ2n) is 8.72. The zero-order chi connectivity index (χ0) is 24.7. The predicted molar refractivity (Wildman–Crippen MR) is 135 cm³/mol. The fourth-order valence-electron chi connectivity index (χ4n) is 3.24. The number of amides is 2. The molecule has 184 valence electrons. The van der Waals surface area contributed by atoms with Gasteiger partial charge in [0.25, 0.3) is 5.91 Å². The maximum atomic E-state index is 13.1. The van der Waals surface area contributed by atoms with Gasteiger partial charge in [0.1, 0.15) is 11.3 Å². The van der Waals surface area contributed by atoms with Gasteiger partial charge in [0.15, 0.2) is 22.3 Å². The molecule has 1 unspecified atom stereocenters.